The van der Waals surface area contributed by atoms with Gasteiger partial charge < -0.3 is 18.1 Å². The largest absolute Gasteiger partial charge is 0.346 e. The van der Waals surface area contributed by atoms with Gasteiger partial charge in [0.1, 0.15) is 0 Å². The second-order valence-electron chi connectivity index (χ2n) is 6.84. The van der Waals surface area contributed by atoms with Crippen molar-refractivity contribution in [3.63, 3.8) is 0 Å². The smallest absolute Gasteiger partial charge is 0.305 e. The molecule has 0 aliphatic carbocycles. The zero-order valence-corrected chi connectivity index (χ0v) is 18.9. The molecular weight excluding hydrogens is 390 g/mol. The van der Waals surface area contributed by atoms with E-state index in [1.165, 1.54) is 0 Å². The van der Waals surface area contributed by atoms with Crippen LogP contribution in [0.1, 0.15) is 55.4 Å². The van der Waals surface area contributed by atoms with Crippen LogP contribution in [0, 0.1) is 0 Å². The molecule has 0 aromatic carbocycles. The van der Waals surface area contributed by atoms with Crippen molar-refractivity contribution in [3.05, 3.63) is 0 Å². The molecule has 11 heteroatoms. The zero-order valence-electron chi connectivity index (χ0n) is 16.3. The summed E-state index contributed by atoms with van der Waals surface area (Å²) in [6, 6.07) is 0. The molecule has 0 unspecified atom stereocenters. The first-order chi connectivity index (χ1) is 11.1. The van der Waals surface area contributed by atoms with Gasteiger partial charge in [0.15, 0.2) is 20.8 Å². The van der Waals surface area contributed by atoms with Gasteiger partial charge in [0.05, 0.1) is 24.4 Å². The Morgan fingerprint density at radius 2 is 0.800 bits per heavy atom. The Morgan fingerprint density at radius 1 is 0.600 bits per heavy atom. The van der Waals surface area contributed by atoms with Gasteiger partial charge in [0.2, 0.25) is 0 Å². The van der Waals surface area contributed by atoms with E-state index in [0.717, 1.165) is 0 Å². The molecule has 0 aliphatic rings. The van der Waals surface area contributed by atoms with Gasteiger partial charge in [-0.2, -0.15) is 0 Å². The van der Waals surface area contributed by atoms with Crippen LogP contribution in [0.25, 0.3) is 0 Å². The number of hydrogen-bond acceptors (Lipinski definition) is 8. The van der Waals surface area contributed by atoms with Crippen LogP contribution in [-0.2, 0) is 37.1 Å². The lowest BCUT2D eigenvalue weighted by Crippen LogP contribution is -2.20. The molecule has 0 aromatic heterocycles. The fourth-order valence-electron chi connectivity index (χ4n) is 1.98. The van der Waals surface area contributed by atoms with Crippen molar-refractivity contribution in [2.45, 2.75) is 79.8 Å². The van der Waals surface area contributed by atoms with Crippen LogP contribution in [-0.4, -0.2) is 43.8 Å². The lowest BCUT2D eigenvalue weighted by molar-refractivity contribution is 0.145. The van der Waals surface area contributed by atoms with Crippen molar-refractivity contribution >= 4 is 25.0 Å². The van der Waals surface area contributed by atoms with E-state index in [0.29, 0.717) is 0 Å². The highest BCUT2D eigenvalue weighted by Gasteiger charge is 2.40. The van der Waals surface area contributed by atoms with Crippen molar-refractivity contribution in [2.75, 3.05) is 11.0 Å². The third-order valence-corrected chi connectivity index (χ3v) is 10.8. The molecule has 0 amide bonds. The van der Waals surface area contributed by atoms with Gasteiger partial charge in [-0.05, 0) is 55.4 Å². The second-order valence-corrected chi connectivity index (χ2v) is 13.7. The Morgan fingerprint density at radius 3 is 0.960 bits per heavy atom. The standard InChI is InChI=1S/C14H32O8P2S/c1-11(2)19-23(15,20-12(3)4)9-25(17,18)10-24(16,21-13(5)6)22-14(7)8/h11-14H,9-10H2,1-8H3. The van der Waals surface area contributed by atoms with Gasteiger partial charge in [0.25, 0.3) is 0 Å². The first-order valence-electron chi connectivity index (χ1n) is 8.20. The average Bonchev–Trinajstić information content (AvgIpc) is 2.18. The summed E-state index contributed by atoms with van der Waals surface area (Å²) in [7, 11) is -12.0. The van der Waals surface area contributed by atoms with E-state index in [-0.39, 0.29) is 0 Å². The molecule has 25 heavy (non-hydrogen) atoms. The molecule has 0 saturated carbocycles. The highest BCUT2D eigenvalue weighted by atomic mass is 32.2. The lowest BCUT2D eigenvalue weighted by atomic mass is 10.5. The normalized spacial score (nSPS) is 14.2. The minimum absolute atomic E-state index is 0.495. The van der Waals surface area contributed by atoms with E-state index in [4.69, 9.17) is 18.1 Å². The molecule has 152 valence electrons. The lowest BCUT2D eigenvalue weighted by Gasteiger charge is -2.25. The van der Waals surface area contributed by atoms with Gasteiger partial charge in [-0.15, -0.1) is 0 Å². The minimum Gasteiger partial charge on any atom is -0.305 e. The van der Waals surface area contributed by atoms with E-state index in [1.807, 2.05) is 0 Å². The molecule has 0 spiro atoms. The molecule has 0 rings (SSSR count). The van der Waals surface area contributed by atoms with Crippen molar-refractivity contribution in [1.82, 2.24) is 0 Å². The molecule has 0 atom stereocenters. The summed E-state index contributed by atoms with van der Waals surface area (Å²) in [4.78, 5) is 0. The number of hydrogen-bond donors (Lipinski definition) is 0. The molecule has 0 fully saturated rings. The van der Waals surface area contributed by atoms with E-state index in [2.05, 4.69) is 0 Å². The predicted molar refractivity (Wildman–Crippen MR) is 98.8 cm³/mol. The third kappa shape index (κ3) is 11.5. The Labute approximate surface area is 151 Å². The summed E-state index contributed by atoms with van der Waals surface area (Å²) in [5, 5.41) is 0. The third-order valence-electron chi connectivity index (χ3n) is 2.20. The average molecular weight is 422 g/mol. The Balaban J connectivity index is 5.49. The van der Waals surface area contributed by atoms with Gasteiger partial charge in [-0.1, -0.05) is 0 Å². The fraction of sp³-hybridized carbons (Fsp3) is 1.00. The molecular formula is C14H32O8P2S. The Hall–Kier alpha value is 0.250. The molecule has 0 aromatic rings. The minimum atomic E-state index is -4.11. The number of sulfone groups is 1. The molecule has 0 N–H and O–H groups in total. The summed E-state index contributed by atoms with van der Waals surface area (Å²) in [6.07, 6.45) is -1.98. The van der Waals surface area contributed by atoms with Crippen LogP contribution < -0.4 is 0 Å². The maximum Gasteiger partial charge on any atom is 0.346 e. The maximum atomic E-state index is 12.8. The number of rotatable bonds is 12. The Bertz CT molecular complexity index is 524. The summed E-state index contributed by atoms with van der Waals surface area (Å²) in [6.45, 7) is 13.0. The summed E-state index contributed by atoms with van der Waals surface area (Å²) >= 11 is 0. The van der Waals surface area contributed by atoms with Crippen LogP contribution >= 0.6 is 15.2 Å². The second kappa shape index (κ2) is 9.98. The van der Waals surface area contributed by atoms with E-state index < -0.39 is 60.4 Å². The van der Waals surface area contributed by atoms with E-state index >= 15 is 0 Å². The molecule has 0 aliphatic heterocycles. The molecule has 0 saturated heterocycles. The quantitative estimate of drug-likeness (QED) is 0.426. The van der Waals surface area contributed by atoms with Crippen LogP contribution in [0.4, 0.5) is 0 Å². The Kier molecular flexibility index (Phi) is 10.1. The molecule has 0 heterocycles. The van der Waals surface area contributed by atoms with Gasteiger partial charge in [-0.3, -0.25) is 9.13 Å². The molecule has 0 radical (unpaired) electrons. The van der Waals surface area contributed by atoms with Gasteiger partial charge in [-0.25, -0.2) is 8.42 Å². The van der Waals surface area contributed by atoms with Gasteiger partial charge >= 0.3 is 15.2 Å². The van der Waals surface area contributed by atoms with Crippen LogP contribution in [0.15, 0.2) is 0 Å². The van der Waals surface area contributed by atoms with Crippen LogP contribution in [0.2, 0.25) is 0 Å². The van der Waals surface area contributed by atoms with Crippen LogP contribution in [0.5, 0.6) is 0 Å². The van der Waals surface area contributed by atoms with E-state index in [1.54, 1.807) is 55.4 Å². The van der Waals surface area contributed by atoms with Crippen molar-refractivity contribution in [2.24, 2.45) is 0 Å². The highest BCUT2D eigenvalue weighted by molar-refractivity contribution is 8.02. The maximum absolute atomic E-state index is 12.8. The molecule has 8 nitrogen and oxygen atoms in total. The predicted octanol–water partition coefficient (Wildman–Crippen LogP) is 4.40. The molecule has 0 bridgehead atoms. The SMILES string of the molecule is CC(C)OP(=O)(CS(=O)(=O)CP(=O)(OC(C)C)OC(C)C)OC(C)C. The topological polar surface area (TPSA) is 105 Å². The first kappa shape index (κ1) is 25.2. The zero-order chi connectivity index (χ0) is 20.1. The van der Waals surface area contributed by atoms with Crippen molar-refractivity contribution in [1.29, 1.82) is 0 Å². The van der Waals surface area contributed by atoms with Gasteiger partial charge in [0, 0.05) is 0 Å². The van der Waals surface area contributed by atoms with Crippen molar-refractivity contribution in [3.8, 4) is 0 Å². The summed E-state index contributed by atoms with van der Waals surface area (Å²) in [5.74, 6) is 0. The van der Waals surface area contributed by atoms with Crippen LogP contribution in [0.3, 0.4) is 0 Å². The first-order valence-corrected chi connectivity index (χ1v) is 13.5. The highest BCUT2D eigenvalue weighted by Crippen LogP contribution is 2.56. The van der Waals surface area contributed by atoms with E-state index in [9.17, 15) is 17.5 Å². The summed E-state index contributed by atoms with van der Waals surface area (Å²) in [5.41, 5.74) is -1.77. The summed E-state index contributed by atoms with van der Waals surface area (Å²) < 4.78 is 71.6. The fourth-order valence-corrected chi connectivity index (χ4v) is 10.5. The monoisotopic (exact) mass is 422 g/mol. The van der Waals surface area contributed by atoms with Crippen molar-refractivity contribution < 1.29 is 35.6 Å².